The molecule has 2 aromatic heterocycles. The summed E-state index contributed by atoms with van der Waals surface area (Å²) in [5.41, 5.74) is 6.53. The van der Waals surface area contributed by atoms with Gasteiger partial charge in [-0.2, -0.15) is 4.98 Å². The highest BCUT2D eigenvalue weighted by Gasteiger charge is 2.18. The number of nitrogens with two attached hydrogens (primary N) is 1. The third-order valence-corrected chi connectivity index (χ3v) is 4.85. The number of aliphatic carboxylic acids is 1. The molecule has 0 aliphatic rings. The van der Waals surface area contributed by atoms with Crippen LogP contribution in [0.1, 0.15) is 39.3 Å². The van der Waals surface area contributed by atoms with Gasteiger partial charge in [0.25, 0.3) is 23.8 Å². The summed E-state index contributed by atoms with van der Waals surface area (Å²) < 4.78 is 4.70. The Morgan fingerprint density at radius 1 is 1.24 bits per heavy atom. The lowest BCUT2D eigenvalue weighted by molar-refractivity contribution is -0.141. The number of aromatic nitrogens is 3. The number of hydrogen-bond acceptors (Lipinski definition) is 8. The number of nitrogens with one attached hydrogen (secondary N) is 3. The van der Waals surface area contributed by atoms with Gasteiger partial charge in [-0.05, 0) is 30.3 Å². The minimum Gasteiger partial charge on any atom is -0.481 e. The Hall–Kier alpha value is -4.68. The number of hydrogen-bond donors (Lipinski definition) is 5. The summed E-state index contributed by atoms with van der Waals surface area (Å²) in [5.74, 6) is -2.05. The van der Waals surface area contributed by atoms with Crippen LogP contribution in [0.4, 0.5) is 5.95 Å². The molecule has 2 heterocycles. The van der Waals surface area contributed by atoms with Crippen molar-refractivity contribution < 1.29 is 29.0 Å². The predicted octanol–water partition coefficient (Wildman–Crippen LogP) is 0.199. The number of fused-ring (bicyclic) bond motifs is 1. The zero-order valence-electron chi connectivity index (χ0n) is 18.0. The highest BCUT2D eigenvalue weighted by molar-refractivity contribution is 5.97. The van der Waals surface area contributed by atoms with Crippen molar-refractivity contribution in [1.82, 2.24) is 25.2 Å². The number of benzene rings is 1. The number of anilines is 1. The van der Waals surface area contributed by atoms with Gasteiger partial charge in [0, 0.05) is 30.3 Å². The number of carboxylic acids is 1. The lowest BCUT2D eigenvalue weighted by Crippen LogP contribution is -2.37. The number of nitrogen functional groups attached to an aromatic ring is 1. The van der Waals surface area contributed by atoms with Crippen LogP contribution >= 0.6 is 0 Å². The van der Waals surface area contributed by atoms with Crippen molar-refractivity contribution >= 4 is 41.2 Å². The standard InChI is InChI=1S/C21H22N6O7/c1-27(9-13-8-14-17(23-13)25-21(22)26-19(14)32)20(33)12-4-2-11(3-5-12)18(31)24-15(34-10-28)6-7-16(29)30/h2-5,8,10,15H,6-7,9H2,1H3,(H,24,31)(H,29,30)(H4,22,23,25,26,32)/t15-/m1/s1. The molecule has 3 rings (SSSR count). The van der Waals surface area contributed by atoms with E-state index in [1.807, 2.05) is 0 Å². The molecule has 0 saturated heterocycles. The molecular formula is C21H22N6O7. The first-order valence-electron chi connectivity index (χ1n) is 10.0. The summed E-state index contributed by atoms with van der Waals surface area (Å²) in [5, 5.41) is 11.5. The van der Waals surface area contributed by atoms with Gasteiger partial charge < -0.3 is 30.8 Å². The van der Waals surface area contributed by atoms with E-state index in [4.69, 9.17) is 15.6 Å². The Bertz CT molecular complexity index is 1280. The number of rotatable bonds is 10. The van der Waals surface area contributed by atoms with Crippen LogP contribution in [0.2, 0.25) is 0 Å². The quantitative estimate of drug-likeness (QED) is 0.203. The molecule has 6 N–H and O–H groups in total. The maximum atomic E-state index is 12.8. The van der Waals surface area contributed by atoms with Crippen molar-refractivity contribution in [2.45, 2.75) is 25.6 Å². The van der Waals surface area contributed by atoms with E-state index < -0.39 is 23.7 Å². The third-order valence-electron chi connectivity index (χ3n) is 4.85. The minimum atomic E-state index is -1.10. The molecule has 13 nitrogen and oxygen atoms in total. The molecule has 13 heteroatoms. The largest absolute Gasteiger partial charge is 0.481 e. The van der Waals surface area contributed by atoms with Gasteiger partial charge in [-0.15, -0.1) is 0 Å². The van der Waals surface area contributed by atoms with Crippen LogP contribution in [0.3, 0.4) is 0 Å². The van der Waals surface area contributed by atoms with Crippen LogP contribution in [-0.4, -0.2) is 62.5 Å². The number of nitrogens with zero attached hydrogens (tertiary/aromatic N) is 2. The summed E-state index contributed by atoms with van der Waals surface area (Å²) in [6.07, 6.45) is -1.49. The molecule has 0 radical (unpaired) electrons. The van der Waals surface area contributed by atoms with E-state index in [9.17, 15) is 24.0 Å². The Kier molecular flexibility index (Phi) is 7.26. The van der Waals surface area contributed by atoms with Crippen LogP contribution in [-0.2, 0) is 20.9 Å². The second-order valence-electron chi connectivity index (χ2n) is 7.37. The number of H-pyrrole nitrogens is 2. The number of amides is 2. The molecule has 0 spiro atoms. The van der Waals surface area contributed by atoms with Crippen LogP contribution < -0.4 is 16.6 Å². The van der Waals surface area contributed by atoms with Gasteiger partial charge >= 0.3 is 5.97 Å². The van der Waals surface area contributed by atoms with E-state index in [1.165, 1.54) is 29.2 Å². The lowest BCUT2D eigenvalue weighted by atomic mass is 10.1. The van der Waals surface area contributed by atoms with E-state index >= 15 is 0 Å². The van der Waals surface area contributed by atoms with Gasteiger partial charge in [0.1, 0.15) is 5.65 Å². The van der Waals surface area contributed by atoms with Crippen molar-refractivity contribution in [2.75, 3.05) is 12.8 Å². The summed E-state index contributed by atoms with van der Waals surface area (Å²) in [6.45, 7) is 0.281. The van der Waals surface area contributed by atoms with Crippen LogP contribution in [0, 0.1) is 0 Å². The monoisotopic (exact) mass is 470 g/mol. The van der Waals surface area contributed by atoms with Crippen LogP contribution in [0.15, 0.2) is 35.1 Å². The molecule has 1 aromatic carbocycles. The van der Waals surface area contributed by atoms with Gasteiger partial charge in [-0.1, -0.05) is 0 Å². The van der Waals surface area contributed by atoms with Crippen molar-refractivity contribution in [1.29, 1.82) is 0 Å². The summed E-state index contributed by atoms with van der Waals surface area (Å²) in [6, 6.07) is 7.33. The maximum Gasteiger partial charge on any atom is 0.303 e. The minimum absolute atomic E-state index is 0.0228. The number of ether oxygens (including phenoxy) is 1. The second-order valence-corrected chi connectivity index (χ2v) is 7.37. The molecule has 0 unspecified atom stereocenters. The molecule has 3 aromatic rings. The Labute approximate surface area is 191 Å². The fourth-order valence-corrected chi connectivity index (χ4v) is 3.21. The fourth-order valence-electron chi connectivity index (χ4n) is 3.21. The predicted molar refractivity (Wildman–Crippen MR) is 119 cm³/mol. The topological polar surface area (TPSA) is 201 Å². The van der Waals surface area contributed by atoms with E-state index in [0.717, 1.165) is 0 Å². The Morgan fingerprint density at radius 2 is 1.91 bits per heavy atom. The second kappa shape index (κ2) is 10.3. The zero-order chi connectivity index (χ0) is 24.8. The number of aromatic amines is 2. The molecule has 0 fully saturated rings. The first-order chi connectivity index (χ1) is 16.2. The molecule has 0 saturated carbocycles. The normalized spacial score (nSPS) is 11.6. The molecule has 178 valence electrons. The highest BCUT2D eigenvalue weighted by atomic mass is 16.5. The summed E-state index contributed by atoms with van der Waals surface area (Å²) in [4.78, 5) is 69.1. The fraction of sp³-hybridized carbons (Fsp3) is 0.238. The van der Waals surface area contributed by atoms with Crippen molar-refractivity contribution in [2.24, 2.45) is 0 Å². The molecular weight excluding hydrogens is 448 g/mol. The number of carbonyl (C=O) groups is 4. The Balaban J connectivity index is 1.65. The van der Waals surface area contributed by atoms with E-state index in [1.54, 1.807) is 13.1 Å². The van der Waals surface area contributed by atoms with E-state index in [2.05, 4.69) is 20.3 Å². The number of carboxylic acid groups (broad SMARTS) is 1. The highest BCUT2D eigenvalue weighted by Crippen LogP contribution is 2.14. The van der Waals surface area contributed by atoms with Gasteiger partial charge in [0.15, 0.2) is 6.23 Å². The van der Waals surface area contributed by atoms with Gasteiger partial charge in [-0.3, -0.25) is 29.0 Å². The third kappa shape index (κ3) is 5.76. The molecule has 0 aliphatic heterocycles. The zero-order valence-corrected chi connectivity index (χ0v) is 18.0. The first kappa shape index (κ1) is 24.0. The van der Waals surface area contributed by atoms with E-state index in [-0.39, 0.29) is 43.3 Å². The van der Waals surface area contributed by atoms with Crippen molar-refractivity contribution in [3.8, 4) is 0 Å². The maximum absolute atomic E-state index is 12.8. The average Bonchev–Trinajstić information content (AvgIpc) is 3.19. The van der Waals surface area contributed by atoms with Crippen LogP contribution in [0.25, 0.3) is 11.0 Å². The Morgan fingerprint density at radius 3 is 2.56 bits per heavy atom. The first-order valence-corrected chi connectivity index (χ1v) is 10.0. The molecule has 0 bridgehead atoms. The molecule has 34 heavy (non-hydrogen) atoms. The van der Waals surface area contributed by atoms with Gasteiger partial charge in [0.2, 0.25) is 5.95 Å². The SMILES string of the molecule is CN(Cc1cc2c(=O)[nH]c(N)nc2[nH]1)C(=O)c1ccc(C(=O)N[C@@H](CCC(=O)O)OC=O)cc1. The molecule has 0 aliphatic carbocycles. The molecule has 2 amide bonds. The molecule has 1 atom stereocenters. The average molecular weight is 470 g/mol. The van der Waals surface area contributed by atoms with E-state index in [0.29, 0.717) is 22.3 Å². The van der Waals surface area contributed by atoms with Crippen molar-refractivity contribution in [3.63, 3.8) is 0 Å². The summed E-state index contributed by atoms with van der Waals surface area (Å²) in [7, 11) is 1.57. The summed E-state index contributed by atoms with van der Waals surface area (Å²) >= 11 is 0. The smallest absolute Gasteiger partial charge is 0.303 e. The lowest BCUT2D eigenvalue weighted by Gasteiger charge is -2.17. The van der Waals surface area contributed by atoms with Gasteiger partial charge in [0.05, 0.1) is 18.4 Å². The van der Waals surface area contributed by atoms with Crippen LogP contribution in [0.5, 0.6) is 0 Å². The number of carbonyl (C=O) groups excluding carboxylic acids is 3. The van der Waals surface area contributed by atoms with Gasteiger partial charge in [-0.25, -0.2) is 0 Å². The van der Waals surface area contributed by atoms with Crippen molar-refractivity contribution in [3.05, 3.63) is 57.5 Å².